The van der Waals surface area contributed by atoms with Crippen LogP contribution < -0.4 is 4.74 Å². The highest BCUT2D eigenvalue weighted by Gasteiger charge is 2.50. The fraction of sp³-hybridized carbons (Fsp3) is 0.600. The number of fused-ring (bicyclic) bond motifs is 1. The highest BCUT2D eigenvalue weighted by molar-refractivity contribution is 7.92. The Kier molecular flexibility index (Phi) is 4.18. The SMILES string of the molecule is CN(C)C(=O)N1C[C@@H]2[C@@H](Oc3ccccn3)CCS(=O)(=O)[C@H]2C1. The van der Waals surface area contributed by atoms with Crippen LogP contribution in [0, 0.1) is 5.92 Å². The Balaban J connectivity index is 1.81. The van der Waals surface area contributed by atoms with Gasteiger partial charge in [-0.25, -0.2) is 18.2 Å². The average Bonchev–Trinajstić information content (AvgIpc) is 2.97. The first-order valence-electron chi connectivity index (χ1n) is 7.64. The van der Waals surface area contributed by atoms with Crippen molar-refractivity contribution in [3.05, 3.63) is 24.4 Å². The van der Waals surface area contributed by atoms with Gasteiger partial charge < -0.3 is 14.5 Å². The molecule has 126 valence electrons. The van der Waals surface area contributed by atoms with Crippen LogP contribution in [0.25, 0.3) is 0 Å². The predicted octanol–water partition coefficient (Wildman–Crippen LogP) is 0.629. The minimum Gasteiger partial charge on any atom is -0.474 e. The average molecular weight is 339 g/mol. The molecule has 2 fully saturated rings. The molecule has 2 saturated heterocycles. The highest BCUT2D eigenvalue weighted by Crippen LogP contribution is 2.35. The molecule has 0 radical (unpaired) electrons. The molecule has 0 N–H and O–H groups in total. The summed E-state index contributed by atoms with van der Waals surface area (Å²) < 4.78 is 30.7. The molecule has 0 bridgehead atoms. The molecule has 0 aromatic carbocycles. The van der Waals surface area contributed by atoms with Crippen LogP contribution in [-0.4, -0.2) is 73.5 Å². The molecule has 0 saturated carbocycles. The van der Waals surface area contributed by atoms with Gasteiger partial charge >= 0.3 is 6.03 Å². The normalized spacial score (nSPS) is 29.0. The van der Waals surface area contributed by atoms with Gasteiger partial charge in [0.1, 0.15) is 6.10 Å². The van der Waals surface area contributed by atoms with Crippen LogP contribution in [0.2, 0.25) is 0 Å². The summed E-state index contributed by atoms with van der Waals surface area (Å²) in [5, 5.41) is -0.547. The second-order valence-corrected chi connectivity index (χ2v) is 8.60. The van der Waals surface area contributed by atoms with Gasteiger partial charge in [-0.3, -0.25) is 0 Å². The minimum absolute atomic E-state index is 0.0929. The van der Waals surface area contributed by atoms with E-state index in [0.29, 0.717) is 18.8 Å². The molecular weight excluding hydrogens is 318 g/mol. The number of carbonyl (C=O) groups excluding carboxylic acids is 1. The maximum Gasteiger partial charge on any atom is 0.319 e. The van der Waals surface area contributed by atoms with E-state index in [1.807, 2.05) is 6.07 Å². The van der Waals surface area contributed by atoms with Crippen LogP contribution in [0.3, 0.4) is 0 Å². The van der Waals surface area contributed by atoms with Gasteiger partial charge in [-0.15, -0.1) is 0 Å². The van der Waals surface area contributed by atoms with Crippen molar-refractivity contribution in [1.29, 1.82) is 0 Å². The number of amides is 2. The Morgan fingerprint density at radius 2 is 2.13 bits per heavy atom. The van der Waals surface area contributed by atoms with E-state index < -0.39 is 15.1 Å². The second kappa shape index (κ2) is 5.99. The summed E-state index contributed by atoms with van der Waals surface area (Å²) in [6.07, 6.45) is 1.84. The van der Waals surface area contributed by atoms with E-state index in [1.54, 1.807) is 37.3 Å². The minimum atomic E-state index is -3.19. The van der Waals surface area contributed by atoms with E-state index in [4.69, 9.17) is 4.74 Å². The summed E-state index contributed by atoms with van der Waals surface area (Å²) in [7, 11) is 0.144. The van der Waals surface area contributed by atoms with Crippen molar-refractivity contribution in [2.24, 2.45) is 5.92 Å². The van der Waals surface area contributed by atoms with Gasteiger partial charge in [0, 0.05) is 45.4 Å². The van der Waals surface area contributed by atoms with E-state index >= 15 is 0 Å². The highest BCUT2D eigenvalue weighted by atomic mass is 32.2. The number of carbonyl (C=O) groups is 1. The monoisotopic (exact) mass is 339 g/mol. The molecule has 7 nitrogen and oxygen atoms in total. The lowest BCUT2D eigenvalue weighted by Crippen LogP contribution is -2.46. The third kappa shape index (κ3) is 3.12. The predicted molar refractivity (Wildman–Crippen MR) is 85.0 cm³/mol. The maximum atomic E-state index is 12.4. The lowest BCUT2D eigenvalue weighted by molar-refractivity contribution is 0.120. The Hall–Kier alpha value is -1.83. The van der Waals surface area contributed by atoms with Gasteiger partial charge in [-0.05, 0) is 12.5 Å². The number of pyridine rings is 1. The van der Waals surface area contributed by atoms with E-state index in [0.717, 1.165) is 0 Å². The largest absolute Gasteiger partial charge is 0.474 e. The molecule has 0 spiro atoms. The zero-order valence-electron chi connectivity index (χ0n) is 13.3. The number of hydrogen-bond acceptors (Lipinski definition) is 5. The Bertz CT molecular complexity index is 677. The number of ether oxygens (including phenoxy) is 1. The van der Waals surface area contributed by atoms with Gasteiger partial charge in [0.2, 0.25) is 5.88 Å². The summed E-state index contributed by atoms with van der Waals surface area (Å²) in [6.45, 7) is 0.643. The van der Waals surface area contributed by atoms with Crippen molar-refractivity contribution in [1.82, 2.24) is 14.8 Å². The zero-order chi connectivity index (χ0) is 16.6. The third-order valence-electron chi connectivity index (χ3n) is 4.50. The van der Waals surface area contributed by atoms with E-state index in [2.05, 4.69) is 4.98 Å². The van der Waals surface area contributed by atoms with Gasteiger partial charge in [-0.2, -0.15) is 0 Å². The number of sulfone groups is 1. The number of aromatic nitrogens is 1. The summed E-state index contributed by atoms with van der Waals surface area (Å²) >= 11 is 0. The molecule has 23 heavy (non-hydrogen) atoms. The van der Waals surface area contributed by atoms with Crippen molar-refractivity contribution in [2.45, 2.75) is 17.8 Å². The Labute approximate surface area is 136 Å². The fourth-order valence-corrected chi connectivity index (χ4v) is 5.40. The van der Waals surface area contributed by atoms with Gasteiger partial charge in [-0.1, -0.05) is 6.07 Å². The van der Waals surface area contributed by atoms with Crippen LogP contribution in [0.5, 0.6) is 5.88 Å². The standard InChI is InChI=1S/C15H21N3O4S/c1-17(2)15(19)18-9-11-12(22-14-5-3-4-7-16-14)6-8-23(20,21)13(11)10-18/h3-5,7,11-13H,6,8-10H2,1-2H3/t11-,12+,13+/m1/s1. The number of hydrogen-bond donors (Lipinski definition) is 0. The van der Waals surface area contributed by atoms with E-state index in [-0.39, 0.29) is 30.4 Å². The quantitative estimate of drug-likeness (QED) is 0.789. The number of nitrogens with zero attached hydrogens (tertiary/aromatic N) is 3. The molecule has 3 heterocycles. The topological polar surface area (TPSA) is 79.8 Å². The molecule has 0 aliphatic carbocycles. The van der Waals surface area contributed by atoms with Crippen LogP contribution in [0.15, 0.2) is 24.4 Å². The number of urea groups is 1. The van der Waals surface area contributed by atoms with Gasteiger partial charge in [0.15, 0.2) is 9.84 Å². The molecule has 8 heteroatoms. The molecule has 3 atom stereocenters. The third-order valence-corrected chi connectivity index (χ3v) is 6.72. The summed E-state index contributed by atoms with van der Waals surface area (Å²) in [6, 6.07) is 5.23. The molecule has 3 rings (SSSR count). The summed E-state index contributed by atoms with van der Waals surface area (Å²) in [4.78, 5) is 19.4. The number of rotatable bonds is 2. The smallest absolute Gasteiger partial charge is 0.319 e. The molecule has 1 aromatic heterocycles. The van der Waals surface area contributed by atoms with Crippen molar-refractivity contribution >= 4 is 15.9 Å². The molecule has 2 amide bonds. The van der Waals surface area contributed by atoms with Crippen LogP contribution in [0.4, 0.5) is 4.79 Å². The molecular formula is C15H21N3O4S. The van der Waals surface area contributed by atoms with Crippen molar-refractivity contribution in [3.8, 4) is 5.88 Å². The van der Waals surface area contributed by atoms with Gasteiger partial charge in [0.25, 0.3) is 0 Å². The van der Waals surface area contributed by atoms with E-state index in [1.165, 1.54) is 4.90 Å². The zero-order valence-corrected chi connectivity index (χ0v) is 14.1. The lowest BCUT2D eigenvalue weighted by Gasteiger charge is -2.32. The fourth-order valence-electron chi connectivity index (χ4n) is 3.34. The molecule has 2 aliphatic heterocycles. The molecule has 1 aromatic rings. The summed E-state index contributed by atoms with van der Waals surface area (Å²) in [5.74, 6) is 0.378. The Morgan fingerprint density at radius 1 is 1.35 bits per heavy atom. The first-order valence-corrected chi connectivity index (χ1v) is 9.35. The first-order chi connectivity index (χ1) is 10.9. The van der Waals surface area contributed by atoms with Gasteiger partial charge in [0.05, 0.1) is 11.0 Å². The lowest BCUT2D eigenvalue weighted by atomic mass is 9.98. The van der Waals surface area contributed by atoms with Crippen LogP contribution in [0.1, 0.15) is 6.42 Å². The van der Waals surface area contributed by atoms with E-state index in [9.17, 15) is 13.2 Å². The number of likely N-dealkylation sites (tertiary alicyclic amines) is 1. The second-order valence-electron chi connectivity index (χ2n) is 6.26. The first kappa shape index (κ1) is 16.0. The van der Waals surface area contributed by atoms with Crippen molar-refractivity contribution in [2.75, 3.05) is 32.9 Å². The molecule has 0 unspecified atom stereocenters. The van der Waals surface area contributed by atoms with Crippen LogP contribution in [-0.2, 0) is 9.84 Å². The van der Waals surface area contributed by atoms with Crippen molar-refractivity contribution < 1.29 is 17.9 Å². The molecule has 2 aliphatic rings. The van der Waals surface area contributed by atoms with Crippen LogP contribution >= 0.6 is 0 Å². The maximum absolute atomic E-state index is 12.4. The Morgan fingerprint density at radius 3 is 2.78 bits per heavy atom. The summed E-state index contributed by atoms with van der Waals surface area (Å²) in [5.41, 5.74) is 0. The van der Waals surface area contributed by atoms with Crippen molar-refractivity contribution in [3.63, 3.8) is 0 Å².